The van der Waals surface area contributed by atoms with Crippen LogP contribution in [-0.4, -0.2) is 44.0 Å². The lowest BCUT2D eigenvalue weighted by Crippen LogP contribution is -2.41. The topological polar surface area (TPSA) is 86.3 Å². The summed E-state index contributed by atoms with van der Waals surface area (Å²) in [5, 5.41) is 8.56. The quantitative estimate of drug-likeness (QED) is 0.589. The van der Waals surface area contributed by atoms with E-state index >= 15 is 0 Å². The molecular weight excluding hydrogens is 374 g/mol. The number of benzene rings is 1. The molecule has 0 radical (unpaired) electrons. The average molecular weight is 404 g/mol. The number of hydrogen-bond acceptors (Lipinski definition) is 6. The molecular formula is C20H29N5O2S. The van der Waals surface area contributed by atoms with Crippen molar-refractivity contribution >= 4 is 17.7 Å². The minimum atomic E-state index is -0.257. The fraction of sp³-hybridized carbons (Fsp3) is 0.550. The second-order valence-electron chi connectivity index (χ2n) is 7.55. The molecule has 0 aliphatic carbocycles. The van der Waals surface area contributed by atoms with Crippen LogP contribution in [0.2, 0.25) is 0 Å². The molecule has 1 atom stereocenters. The van der Waals surface area contributed by atoms with Crippen molar-refractivity contribution in [2.75, 3.05) is 18.9 Å². The van der Waals surface area contributed by atoms with Gasteiger partial charge in [0.25, 0.3) is 0 Å². The van der Waals surface area contributed by atoms with Gasteiger partial charge < -0.3 is 15.5 Å². The van der Waals surface area contributed by atoms with Crippen molar-refractivity contribution in [1.82, 2.24) is 19.8 Å². The first-order valence-electron chi connectivity index (χ1n) is 9.70. The summed E-state index contributed by atoms with van der Waals surface area (Å²) in [6.45, 7) is 10.0. The molecule has 1 amide bonds. The number of para-hydroxylation sites is 1. The van der Waals surface area contributed by atoms with Crippen molar-refractivity contribution in [2.45, 2.75) is 57.5 Å². The summed E-state index contributed by atoms with van der Waals surface area (Å²) in [6, 6.07) is 6.01. The zero-order valence-corrected chi connectivity index (χ0v) is 17.8. The Morgan fingerprint density at radius 3 is 2.57 bits per heavy atom. The molecule has 1 saturated heterocycles. The number of ether oxygens (including phenoxy) is 1. The van der Waals surface area contributed by atoms with Crippen LogP contribution in [0, 0.1) is 19.8 Å². The fourth-order valence-corrected chi connectivity index (χ4v) is 4.22. The molecule has 2 aromatic rings. The van der Waals surface area contributed by atoms with E-state index in [1.807, 2.05) is 43.9 Å². The zero-order valence-electron chi connectivity index (χ0n) is 17.0. The Labute approximate surface area is 170 Å². The lowest BCUT2D eigenvalue weighted by molar-refractivity contribution is -0.131. The molecule has 2 N–H and O–H groups in total. The number of aromatic nitrogens is 3. The molecule has 0 saturated carbocycles. The first kappa shape index (κ1) is 20.5. The SMILES string of the molecule is Cc1cccc(C)c1OCc1nnc(SC(C)C(=O)N2CCC(C)CC2)n1N. The molecule has 1 aliphatic rings. The number of amides is 1. The van der Waals surface area contributed by atoms with Crippen LogP contribution in [0.3, 0.4) is 0 Å². The van der Waals surface area contributed by atoms with Gasteiger partial charge in [-0.2, -0.15) is 0 Å². The normalized spacial score (nSPS) is 16.2. The van der Waals surface area contributed by atoms with Crippen LogP contribution in [-0.2, 0) is 11.4 Å². The minimum absolute atomic E-state index is 0.133. The van der Waals surface area contributed by atoms with Gasteiger partial charge in [0.1, 0.15) is 12.4 Å². The molecule has 1 aliphatic heterocycles. The van der Waals surface area contributed by atoms with Gasteiger partial charge in [0.15, 0.2) is 5.82 Å². The predicted molar refractivity (Wildman–Crippen MR) is 111 cm³/mol. The Kier molecular flexibility index (Phi) is 6.49. The summed E-state index contributed by atoms with van der Waals surface area (Å²) in [4.78, 5) is 14.6. The monoisotopic (exact) mass is 403 g/mol. The summed E-state index contributed by atoms with van der Waals surface area (Å²) < 4.78 is 7.33. The summed E-state index contributed by atoms with van der Waals surface area (Å²) in [7, 11) is 0. The molecule has 0 spiro atoms. The average Bonchev–Trinajstić information content (AvgIpc) is 3.01. The van der Waals surface area contributed by atoms with Crippen molar-refractivity contribution < 1.29 is 9.53 Å². The molecule has 3 rings (SSSR count). The van der Waals surface area contributed by atoms with Crippen LogP contribution in [0.25, 0.3) is 0 Å². The molecule has 28 heavy (non-hydrogen) atoms. The lowest BCUT2D eigenvalue weighted by atomic mass is 9.99. The van der Waals surface area contributed by atoms with Crippen molar-refractivity contribution in [2.24, 2.45) is 5.92 Å². The van der Waals surface area contributed by atoms with Gasteiger partial charge in [-0.05, 0) is 50.7 Å². The highest BCUT2D eigenvalue weighted by molar-refractivity contribution is 8.00. The highest BCUT2D eigenvalue weighted by Gasteiger charge is 2.26. The second kappa shape index (κ2) is 8.86. The number of nitrogen functional groups attached to an aromatic ring is 1. The number of hydrogen-bond donors (Lipinski definition) is 1. The molecule has 1 aromatic heterocycles. The van der Waals surface area contributed by atoms with Gasteiger partial charge in [-0.15, -0.1) is 10.2 Å². The molecule has 1 unspecified atom stereocenters. The van der Waals surface area contributed by atoms with Crippen molar-refractivity contribution in [3.05, 3.63) is 35.2 Å². The number of nitrogens with two attached hydrogens (primary N) is 1. The molecule has 8 heteroatoms. The maximum atomic E-state index is 12.7. The summed E-state index contributed by atoms with van der Waals surface area (Å²) in [5.41, 5.74) is 2.13. The fourth-order valence-electron chi connectivity index (χ4n) is 3.34. The maximum absolute atomic E-state index is 12.7. The summed E-state index contributed by atoms with van der Waals surface area (Å²) in [6.07, 6.45) is 2.13. The van der Waals surface area contributed by atoms with Gasteiger partial charge in [0, 0.05) is 13.1 Å². The Balaban J connectivity index is 1.60. The standard InChI is InChI=1S/C20H29N5O2S/c1-13-8-10-24(11-9-13)19(26)16(4)28-20-23-22-17(25(20)21)12-27-18-14(2)6-5-7-15(18)3/h5-7,13,16H,8-12,21H2,1-4H3. The van der Waals surface area contributed by atoms with Gasteiger partial charge in [-0.25, -0.2) is 4.68 Å². The van der Waals surface area contributed by atoms with Crippen LogP contribution >= 0.6 is 11.8 Å². The van der Waals surface area contributed by atoms with E-state index in [0.29, 0.717) is 16.9 Å². The summed E-state index contributed by atoms with van der Waals surface area (Å²) >= 11 is 1.34. The highest BCUT2D eigenvalue weighted by Crippen LogP contribution is 2.26. The molecule has 1 fully saturated rings. The Morgan fingerprint density at radius 1 is 1.29 bits per heavy atom. The van der Waals surface area contributed by atoms with E-state index in [1.165, 1.54) is 16.4 Å². The number of carbonyl (C=O) groups is 1. The number of nitrogens with zero attached hydrogens (tertiary/aromatic N) is 4. The molecule has 1 aromatic carbocycles. The zero-order chi connectivity index (χ0) is 20.3. The second-order valence-corrected chi connectivity index (χ2v) is 8.85. The third-order valence-electron chi connectivity index (χ3n) is 5.21. The van der Waals surface area contributed by atoms with E-state index in [0.717, 1.165) is 42.8 Å². The van der Waals surface area contributed by atoms with Crippen LogP contribution in [0.1, 0.15) is 43.6 Å². The first-order valence-corrected chi connectivity index (χ1v) is 10.6. The predicted octanol–water partition coefficient (Wildman–Crippen LogP) is 2.93. The summed E-state index contributed by atoms with van der Waals surface area (Å²) in [5.74, 6) is 8.34. The van der Waals surface area contributed by atoms with Gasteiger partial charge in [0.05, 0.1) is 5.25 Å². The number of likely N-dealkylation sites (tertiary alicyclic amines) is 1. The number of carbonyl (C=O) groups excluding carboxylic acids is 1. The van der Waals surface area contributed by atoms with E-state index in [-0.39, 0.29) is 17.8 Å². The van der Waals surface area contributed by atoms with Crippen molar-refractivity contribution in [1.29, 1.82) is 0 Å². The number of thioether (sulfide) groups is 1. The van der Waals surface area contributed by atoms with Crippen LogP contribution in [0.15, 0.2) is 23.4 Å². The van der Waals surface area contributed by atoms with Crippen molar-refractivity contribution in [3.8, 4) is 5.75 Å². The largest absolute Gasteiger partial charge is 0.485 e. The van der Waals surface area contributed by atoms with E-state index in [9.17, 15) is 4.79 Å². The number of aryl methyl sites for hydroxylation is 2. The first-order chi connectivity index (χ1) is 13.4. The van der Waals surface area contributed by atoms with Crippen LogP contribution < -0.4 is 10.6 Å². The minimum Gasteiger partial charge on any atom is -0.485 e. The van der Waals surface area contributed by atoms with E-state index < -0.39 is 0 Å². The Morgan fingerprint density at radius 2 is 1.93 bits per heavy atom. The number of piperidine rings is 1. The molecule has 2 heterocycles. The van der Waals surface area contributed by atoms with E-state index in [4.69, 9.17) is 10.6 Å². The van der Waals surface area contributed by atoms with Gasteiger partial charge in [0.2, 0.25) is 11.1 Å². The smallest absolute Gasteiger partial charge is 0.235 e. The van der Waals surface area contributed by atoms with Gasteiger partial charge >= 0.3 is 0 Å². The Hall–Kier alpha value is -2.22. The Bertz CT molecular complexity index is 810. The van der Waals surface area contributed by atoms with Crippen LogP contribution in [0.4, 0.5) is 0 Å². The molecule has 152 valence electrons. The van der Waals surface area contributed by atoms with Gasteiger partial charge in [-0.1, -0.05) is 36.9 Å². The van der Waals surface area contributed by atoms with Crippen LogP contribution in [0.5, 0.6) is 5.75 Å². The maximum Gasteiger partial charge on any atom is 0.235 e. The third-order valence-corrected chi connectivity index (χ3v) is 6.26. The third kappa shape index (κ3) is 4.60. The highest BCUT2D eigenvalue weighted by atomic mass is 32.2. The molecule has 7 nitrogen and oxygen atoms in total. The molecule has 0 bridgehead atoms. The van der Waals surface area contributed by atoms with Gasteiger partial charge in [-0.3, -0.25) is 4.79 Å². The van der Waals surface area contributed by atoms with E-state index in [2.05, 4.69) is 17.1 Å². The van der Waals surface area contributed by atoms with Crippen molar-refractivity contribution in [3.63, 3.8) is 0 Å². The lowest BCUT2D eigenvalue weighted by Gasteiger charge is -2.31. The van der Waals surface area contributed by atoms with E-state index in [1.54, 1.807) is 0 Å². The number of rotatable bonds is 6.